The maximum Gasteiger partial charge on any atom is 0.220 e. The third kappa shape index (κ3) is 11.5. The minimum Gasteiger partial charge on any atom is -0.507 e. The van der Waals surface area contributed by atoms with Crippen LogP contribution in [0.2, 0.25) is 0 Å². The molecule has 0 radical (unpaired) electrons. The standard InChI is InChI=1S/C56H66N4O8/c1-33(2)45-39-27-35(5)47(53(65)49(39)41(51(63)55(45)67)31-57-25-17-9-15-23-43(61)59-29-37-19-11-7-12-20-37)48-36(6)28-40-46(34(3)4)56(68)52(64)42(50(40)54(48)66)32-58-26-18-10-16-24-44(62)60-30-38-21-13-8-14-22-38/h7-8,11-14,19-22,27-28,31-34,63-68H,9-10,15-18,23-26,29-30H2,1-6H3,(H,59,61)(H,60,62). The van der Waals surface area contributed by atoms with Crippen LogP contribution in [-0.2, 0) is 22.7 Å². The number of rotatable bonds is 21. The van der Waals surface area contributed by atoms with E-state index in [1.165, 1.54) is 12.4 Å². The molecule has 0 heterocycles. The second-order valence-electron chi connectivity index (χ2n) is 18.3. The van der Waals surface area contributed by atoms with E-state index in [2.05, 4.69) is 20.6 Å². The maximum absolute atomic E-state index is 12.5. The first kappa shape index (κ1) is 50.3. The summed E-state index contributed by atoms with van der Waals surface area (Å²) in [6.07, 6.45) is 7.83. The number of hydrogen-bond acceptors (Lipinski definition) is 10. The summed E-state index contributed by atoms with van der Waals surface area (Å²) in [5.41, 5.74) is 4.89. The number of carbonyl (C=O) groups excluding carboxylic acids is 2. The molecule has 0 aliphatic rings. The van der Waals surface area contributed by atoms with Gasteiger partial charge in [-0.05, 0) is 84.4 Å². The van der Waals surface area contributed by atoms with Gasteiger partial charge in [-0.15, -0.1) is 0 Å². The molecule has 12 heteroatoms. The fraction of sp³-hybridized carbons (Fsp3) is 0.357. The van der Waals surface area contributed by atoms with E-state index in [1.807, 2.05) is 100 Å². The Balaban J connectivity index is 1.28. The highest BCUT2D eigenvalue weighted by Crippen LogP contribution is 2.54. The van der Waals surface area contributed by atoms with Crippen molar-refractivity contribution in [3.63, 3.8) is 0 Å². The van der Waals surface area contributed by atoms with Crippen LogP contribution in [-0.4, -0.2) is 68.0 Å². The largest absolute Gasteiger partial charge is 0.507 e. The lowest BCUT2D eigenvalue weighted by Gasteiger charge is -2.23. The van der Waals surface area contributed by atoms with Crippen LogP contribution in [0.1, 0.15) is 135 Å². The fourth-order valence-electron chi connectivity index (χ4n) is 9.04. The molecule has 0 saturated carbocycles. The van der Waals surface area contributed by atoms with Crippen LogP contribution in [0.5, 0.6) is 34.5 Å². The van der Waals surface area contributed by atoms with Crippen LogP contribution in [0, 0.1) is 13.8 Å². The van der Waals surface area contributed by atoms with Crippen molar-refractivity contribution in [3.05, 3.63) is 117 Å². The summed E-state index contributed by atoms with van der Waals surface area (Å²) >= 11 is 0. The molecule has 358 valence electrons. The third-order valence-electron chi connectivity index (χ3n) is 12.5. The van der Waals surface area contributed by atoms with Crippen molar-refractivity contribution in [1.82, 2.24) is 10.6 Å². The Morgan fingerprint density at radius 1 is 0.515 bits per heavy atom. The summed E-state index contributed by atoms with van der Waals surface area (Å²) in [5.74, 6) is -2.52. The first-order valence-corrected chi connectivity index (χ1v) is 23.7. The zero-order valence-corrected chi connectivity index (χ0v) is 40.1. The average molecular weight is 923 g/mol. The number of nitrogens with zero attached hydrogens (tertiary/aromatic N) is 2. The Kier molecular flexibility index (Phi) is 17.1. The molecule has 2 amide bonds. The van der Waals surface area contributed by atoms with Gasteiger partial charge >= 0.3 is 0 Å². The zero-order valence-electron chi connectivity index (χ0n) is 40.1. The van der Waals surface area contributed by atoms with Crippen molar-refractivity contribution in [1.29, 1.82) is 0 Å². The van der Waals surface area contributed by atoms with Crippen molar-refractivity contribution in [2.45, 2.75) is 118 Å². The van der Waals surface area contributed by atoms with Crippen LogP contribution in [0.25, 0.3) is 32.7 Å². The van der Waals surface area contributed by atoms with E-state index in [9.17, 15) is 40.2 Å². The number of amides is 2. The van der Waals surface area contributed by atoms with E-state index in [4.69, 9.17) is 0 Å². The van der Waals surface area contributed by atoms with Crippen molar-refractivity contribution >= 4 is 45.8 Å². The molecular formula is C56H66N4O8. The molecule has 0 fully saturated rings. The van der Waals surface area contributed by atoms with E-state index in [0.717, 1.165) is 24.0 Å². The molecule has 6 aromatic carbocycles. The number of unbranched alkanes of at least 4 members (excludes halogenated alkanes) is 4. The van der Waals surface area contributed by atoms with E-state index in [0.29, 0.717) is 97.7 Å². The van der Waals surface area contributed by atoms with Gasteiger partial charge in [0.25, 0.3) is 0 Å². The molecule has 68 heavy (non-hydrogen) atoms. The molecule has 6 rings (SSSR count). The predicted molar refractivity (Wildman–Crippen MR) is 273 cm³/mol. The summed E-state index contributed by atoms with van der Waals surface area (Å²) in [5, 5.41) is 78.2. The van der Waals surface area contributed by atoms with Gasteiger partial charge in [-0.2, -0.15) is 0 Å². The second-order valence-corrected chi connectivity index (χ2v) is 18.3. The van der Waals surface area contributed by atoms with Gasteiger partial charge < -0.3 is 41.3 Å². The molecule has 0 aliphatic carbocycles. The van der Waals surface area contributed by atoms with Crippen LogP contribution >= 0.6 is 0 Å². The van der Waals surface area contributed by atoms with Crippen LogP contribution in [0.4, 0.5) is 0 Å². The van der Waals surface area contributed by atoms with E-state index >= 15 is 0 Å². The number of aryl methyl sites for hydroxylation is 2. The molecule has 8 N–H and O–H groups in total. The van der Waals surface area contributed by atoms with Gasteiger partial charge in [-0.25, -0.2) is 0 Å². The monoisotopic (exact) mass is 922 g/mol. The maximum atomic E-state index is 12.5. The summed E-state index contributed by atoms with van der Waals surface area (Å²) in [6, 6.07) is 23.1. The van der Waals surface area contributed by atoms with Crippen LogP contribution in [0.3, 0.4) is 0 Å². The van der Waals surface area contributed by atoms with Gasteiger partial charge in [-0.1, -0.05) is 113 Å². The Hall–Kier alpha value is -7.08. The molecule has 0 atom stereocenters. The molecule has 0 unspecified atom stereocenters. The Morgan fingerprint density at radius 2 is 0.882 bits per heavy atom. The van der Waals surface area contributed by atoms with E-state index in [-0.39, 0.29) is 79.7 Å². The third-order valence-corrected chi connectivity index (χ3v) is 12.5. The van der Waals surface area contributed by atoms with Crippen molar-refractivity contribution in [2.24, 2.45) is 9.98 Å². The number of aliphatic imine (C=N–C) groups is 2. The molecule has 6 aromatic rings. The predicted octanol–water partition coefficient (Wildman–Crippen LogP) is 11.3. The lowest BCUT2D eigenvalue weighted by atomic mass is 9.83. The van der Waals surface area contributed by atoms with Crippen molar-refractivity contribution in [2.75, 3.05) is 13.1 Å². The number of carbonyl (C=O) groups is 2. The topological polar surface area (TPSA) is 204 Å². The lowest BCUT2D eigenvalue weighted by Crippen LogP contribution is -2.22. The average Bonchev–Trinajstić information content (AvgIpc) is 3.30. The second kappa shape index (κ2) is 23.1. The van der Waals surface area contributed by atoms with Gasteiger partial charge in [0.05, 0.1) is 0 Å². The highest BCUT2D eigenvalue weighted by molar-refractivity contribution is 6.15. The van der Waals surface area contributed by atoms with Gasteiger partial charge in [0, 0.05) is 95.6 Å². The van der Waals surface area contributed by atoms with Gasteiger partial charge in [0.15, 0.2) is 23.0 Å². The molecule has 0 bridgehead atoms. The SMILES string of the molecule is Cc1cc2c(C(C)C)c(O)c(O)c(C=NCCCCCC(=O)NCc3ccccc3)c2c(O)c1-c1c(C)cc2c(C(C)C)c(O)c(O)c(C=NCCCCCC(=O)NCc3ccccc3)c2c1O. The first-order valence-electron chi connectivity index (χ1n) is 23.7. The highest BCUT2D eigenvalue weighted by Gasteiger charge is 2.29. The van der Waals surface area contributed by atoms with E-state index < -0.39 is 11.5 Å². The summed E-state index contributed by atoms with van der Waals surface area (Å²) in [6.45, 7) is 12.8. The molecular weight excluding hydrogens is 857 g/mol. The van der Waals surface area contributed by atoms with Crippen LogP contribution < -0.4 is 10.6 Å². The Morgan fingerprint density at radius 3 is 1.24 bits per heavy atom. The normalized spacial score (nSPS) is 11.8. The van der Waals surface area contributed by atoms with Gasteiger partial charge in [-0.3, -0.25) is 19.6 Å². The number of fused-ring (bicyclic) bond motifs is 2. The summed E-state index contributed by atoms with van der Waals surface area (Å²) in [4.78, 5) is 34.0. The number of aromatic hydroxyl groups is 6. The number of benzene rings is 6. The zero-order chi connectivity index (χ0) is 49.1. The molecule has 0 spiro atoms. The summed E-state index contributed by atoms with van der Waals surface area (Å²) < 4.78 is 0. The van der Waals surface area contributed by atoms with Crippen molar-refractivity contribution in [3.8, 4) is 45.6 Å². The van der Waals surface area contributed by atoms with E-state index in [1.54, 1.807) is 13.8 Å². The van der Waals surface area contributed by atoms with Gasteiger partial charge in [0.2, 0.25) is 11.8 Å². The number of phenols is 6. The molecule has 12 nitrogen and oxygen atoms in total. The number of hydrogen-bond donors (Lipinski definition) is 8. The lowest BCUT2D eigenvalue weighted by molar-refractivity contribution is -0.122. The number of phenolic OH excluding ortho intramolecular Hbond substituents is 6. The van der Waals surface area contributed by atoms with Crippen LogP contribution in [0.15, 0.2) is 82.8 Å². The molecule has 0 aliphatic heterocycles. The quantitative estimate of drug-likeness (QED) is 0.0198. The summed E-state index contributed by atoms with van der Waals surface area (Å²) in [7, 11) is 0. The molecule has 0 aromatic heterocycles. The smallest absolute Gasteiger partial charge is 0.220 e. The first-order chi connectivity index (χ1) is 32.6. The Labute approximate surface area is 399 Å². The minimum atomic E-state index is -0.434. The highest BCUT2D eigenvalue weighted by atomic mass is 16.3. The minimum absolute atomic E-state index is 0.0238. The molecule has 0 saturated heterocycles. The number of nitrogens with one attached hydrogen (secondary N) is 2. The van der Waals surface area contributed by atoms with Gasteiger partial charge in [0.1, 0.15) is 11.5 Å². The fourth-order valence-corrected chi connectivity index (χ4v) is 9.04. The van der Waals surface area contributed by atoms with Crippen molar-refractivity contribution < 1.29 is 40.2 Å². The Bertz CT molecular complexity index is 2630.